The Bertz CT molecular complexity index is 429. The molecule has 0 aromatic carbocycles. The number of nitrogens with zero attached hydrogens (tertiary/aromatic N) is 1. The molecule has 7 heteroatoms. The van der Waals surface area contributed by atoms with E-state index in [1.807, 2.05) is 0 Å². The largest absolute Gasteiger partial charge is 0.394 e. The van der Waals surface area contributed by atoms with E-state index in [4.69, 9.17) is 10.8 Å². The molecule has 0 aromatic rings. The number of rotatable bonds is 18. The molecular weight excluding hydrogens is 348 g/mol. The summed E-state index contributed by atoms with van der Waals surface area (Å²) in [5.41, 5.74) is 5.31. The maximum Gasteiger partial charge on any atom is 0.265 e. The van der Waals surface area contributed by atoms with Crippen LogP contribution < -0.4 is 5.73 Å². The Morgan fingerprint density at radius 1 is 0.815 bits per heavy atom. The molecule has 0 aliphatic carbocycles. The minimum Gasteiger partial charge on any atom is -0.394 e. The van der Waals surface area contributed by atoms with Crippen molar-refractivity contribution in [1.82, 2.24) is 5.06 Å². The summed E-state index contributed by atoms with van der Waals surface area (Å²) < 4.78 is 0. The van der Waals surface area contributed by atoms with Gasteiger partial charge in [0.2, 0.25) is 0 Å². The van der Waals surface area contributed by atoms with E-state index in [1.165, 1.54) is 19.3 Å². The van der Waals surface area contributed by atoms with Gasteiger partial charge < -0.3 is 10.8 Å². The number of Topliss-reactive ketones (excluding diaryl/α,β-unsaturated/α-hetero) is 2. The number of carbonyl (C=O) groups is 3. The molecule has 0 spiro atoms. The fraction of sp³-hybridized carbons (Fsp3) is 0.850. The number of aliphatic hydroxyl groups excluding tert-OH is 1. The van der Waals surface area contributed by atoms with Gasteiger partial charge in [-0.2, -0.15) is 0 Å². The van der Waals surface area contributed by atoms with Crippen LogP contribution in [0, 0.1) is 0 Å². The zero-order valence-electron chi connectivity index (χ0n) is 16.8. The van der Waals surface area contributed by atoms with Crippen molar-refractivity contribution in [2.45, 2.75) is 96.4 Å². The van der Waals surface area contributed by atoms with Crippen molar-refractivity contribution in [3.05, 3.63) is 0 Å². The predicted octanol–water partition coefficient (Wildman–Crippen LogP) is 2.75. The summed E-state index contributed by atoms with van der Waals surface area (Å²) in [4.78, 5) is 35.0. The highest BCUT2D eigenvalue weighted by molar-refractivity contribution is 5.82. The number of nitrogens with two attached hydrogens (primary N) is 1. The third-order valence-electron chi connectivity index (χ3n) is 4.59. The molecule has 0 bridgehead atoms. The Hall–Kier alpha value is -1.31. The second-order valence-corrected chi connectivity index (χ2v) is 7.16. The molecule has 0 aliphatic heterocycles. The Morgan fingerprint density at radius 2 is 1.26 bits per heavy atom. The third-order valence-corrected chi connectivity index (χ3v) is 4.59. The highest BCUT2D eigenvalue weighted by Crippen LogP contribution is 2.11. The van der Waals surface area contributed by atoms with E-state index >= 15 is 0 Å². The van der Waals surface area contributed by atoms with E-state index < -0.39 is 18.6 Å². The normalized spacial score (nSPS) is 12.0. The number of hydrogen-bond acceptors (Lipinski definition) is 6. The molecule has 4 N–H and O–H groups in total. The van der Waals surface area contributed by atoms with Crippen molar-refractivity contribution >= 4 is 17.5 Å². The highest BCUT2D eigenvalue weighted by atomic mass is 16.5. The first-order chi connectivity index (χ1) is 12.9. The fourth-order valence-corrected chi connectivity index (χ4v) is 2.78. The topological polar surface area (TPSA) is 121 Å². The lowest BCUT2D eigenvalue weighted by Gasteiger charge is -2.17. The van der Waals surface area contributed by atoms with Crippen LogP contribution in [0.25, 0.3) is 0 Å². The van der Waals surface area contributed by atoms with E-state index in [1.54, 1.807) is 0 Å². The number of aliphatic hydroxyl groups is 1. The van der Waals surface area contributed by atoms with E-state index in [-0.39, 0.29) is 18.7 Å². The molecule has 0 aliphatic rings. The van der Waals surface area contributed by atoms with Crippen LogP contribution in [-0.4, -0.2) is 52.0 Å². The molecule has 0 heterocycles. The van der Waals surface area contributed by atoms with Crippen LogP contribution in [0.1, 0.15) is 90.4 Å². The molecule has 0 radical (unpaired) electrons. The fourth-order valence-electron chi connectivity index (χ4n) is 2.78. The molecule has 27 heavy (non-hydrogen) atoms. The molecule has 0 saturated heterocycles. The second kappa shape index (κ2) is 16.8. The second-order valence-electron chi connectivity index (χ2n) is 7.16. The summed E-state index contributed by atoms with van der Waals surface area (Å²) in [6, 6.07) is -1.16. The Labute approximate surface area is 163 Å². The van der Waals surface area contributed by atoms with Gasteiger partial charge in [-0.25, -0.2) is 5.06 Å². The summed E-state index contributed by atoms with van der Waals surface area (Å²) in [5.74, 6) is -0.473. The van der Waals surface area contributed by atoms with Crippen molar-refractivity contribution in [3.63, 3.8) is 0 Å². The first kappa shape index (κ1) is 25.7. The number of carbonyl (C=O) groups excluding carboxylic acids is 3. The summed E-state index contributed by atoms with van der Waals surface area (Å²) in [7, 11) is 0. The van der Waals surface area contributed by atoms with E-state index in [0.717, 1.165) is 38.5 Å². The number of amides is 1. The Kier molecular flexibility index (Phi) is 16.0. The number of hydroxylamine groups is 2. The van der Waals surface area contributed by atoms with Gasteiger partial charge in [-0.15, -0.1) is 0 Å². The van der Waals surface area contributed by atoms with E-state index in [2.05, 4.69) is 6.92 Å². The number of ketones is 2. The summed E-state index contributed by atoms with van der Waals surface area (Å²) >= 11 is 0. The van der Waals surface area contributed by atoms with Gasteiger partial charge in [0.15, 0.2) is 0 Å². The van der Waals surface area contributed by atoms with E-state index in [9.17, 15) is 19.6 Å². The Balaban J connectivity index is 3.57. The van der Waals surface area contributed by atoms with Gasteiger partial charge in [0.05, 0.1) is 13.2 Å². The van der Waals surface area contributed by atoms with Crippen LogP contribution in [0.15, 0.2) is 0 Å². The van der Waals surface area contributed by atoms with Crippen LogP contribution in [0.5, 0.6) is 0 Å². The first-order valence-corrected chi connectivity index (χ1v) is 10.3. The van der Waals surface area contributed by atoms with Crippen molar-refractivity contribution in [1.29, 1.82) is 0 Å². The molecule has 7 nitrogen and oxygen atoms in total. The van der Waals surface area contributed by atoms with Gasteiger partial charge >= 0.3 is 0 Å². The van der Waals surface area contributed by atoms with Crippen molar-refractivity contribution < 1.29 is 24.7 Å². The van der Waals surface area contributed by atoms with Crippen LogP contribution >= 0.6 is 0 Å². The molecule has 0 fully saturated rings. The maximum absolute atomic E-state index is 11.8. The molecule has 0 saturated carbocycles. The van der Waals surface area contributed by atoms with Crippen molar-refractivity contribution in [3.8, 4) is 0 Å². The number of hydrogen-bond donors (Lipinski definition) is 3. The molecule has 1 amide bonds. The summed E-state index contributed by atoms with van der Waals surface area (Å²) in [6.07, 6.45) is 11.1. The maximum atomic E-state index is 11.8. The van der Waals surface area contributed by atoms with Gasteiger partial charge in [-0.3, -0.25) is 19.6 Å². The van der Waals surface area contributed by atoms with Gasteiger partial charge in [0, 0.05) is 25.7 Å². The molecule has 0 aromatic heterocycles. The number of unbranched alkanes of at least 4 members (excludes halogenated alkanes) is 7. The van der Waals surface area contributed by atoms with Crippen molar-refractivity contribution in [2.24, 2.45) is 5.73 Å². The molecule has 1 atom stereocenters. The van der Waals surface area contributed by atoms with Crippen LogP contribution in [0.2, 0.25) is 0 Å². The van der Waals surface area contributed by atoms with Gasteiger partial charge in [-0.05, 0) is 19.3 Å². The predicted molar refractivity (Wildman–Crippen MR) is 104 cm³/mol. The first-order valence-electron chi connectivity index (χ1n) is 10.3. The average Bonchev–Trinajstić information content (AvgIpc) is 2.67. The lowest BCUT2D eigenvalue weighted by Crippen LogP contribution is -2.44. The molecular formula is C20H38N2O5. The summed E-state index contributed by atoms with van der Waals surface area (Å²) in [5, 5.41) is 18.6. The van der Waals surface area contributed by atoms with Gasteiger partial charge in [0.1, 0.15) is 17.6 Å². The summed E-state index contributed by atoms with van der Waals surface area (Å²) in [6.45, 7) is 1.51. The third kappa shape index (κ3) is 14.4. The zero-order chi connectivity index (χ0) is 20.5. The SMILES string of the molecule is CCCCCCCC(=O)CCCCCCC(=O)CCN(O)C(=O)C(N)CO. The van der Waals surface area contributed by atoms with Crippen LogP contribution in [0.4, 0.5) is 0 Å². The smallest absolute Gasteiger partial charge is 0.265 e. The monoisotopic (exact) mass is 386 g/mol. The minimum absolute atomic E-state index is 0.0254. The molecule has 158 valence electrons. The Morgan fingerprint density at radius 3 is 1.70 bits per heavy atom. The zero-order valence-corrected chi connectivity index (χ0v) is 16.8. The lowest BCUT2D eigenvalue weighted by molar-refractivity contribution is -0.168. The standard InChI is InChI=1S/C20H38N2O5/c1-2-3-4-5-8-11-17(24)12-9-6-7-10-13-18(25)14-15-22(27)20(26)19(21)16-23/h19,23,27H,2-16,21H2,1H3. The minimum atomic E-state index is -1.16. The highest BCUT2D eigenvalue weighted by Gasteiger charge is 2.19. The van der Waals surface area contributed by atoms with Crippen LogP contribution in [-0.2, 0) is 14.4 Å². The molecule has 0 rings (SSSR count). The van der Waals surface area contributed by atoms with E-state index in [0.29, 0.717) is 30.1 Å². The van der Waals surface area contributed by atoms with Crippen LogP contribution in [0.3, 0.4) is 0 Å². The van der Waals surface area contributed by atoms with Gasteiger partial charge in [-0.1, -0.05) is 45.4 Å². The molecule has 1 unspecified atom stereocenters. The average molecular weight is 387 g/mol. The lowest BCUT2D eigenvalue weighted by atomic mass is 10.0. The van der Waals surface area contributed by atoms with Crippen molar-refractivity contribution in [2.75, 3.05) is 13.2 Å². The van der Waals surface area contributed by atoms with Gasteiger partial charge in [0.25, 0.3) is 5.91 Å². The quantitative estimate of drug-likeness (QED) is 0.189.